The highest BCUT2D eigenvalue weighted by Crippen LogP contribution is 2.27. The molecule has 0 radical (unpaired) electrons. The number of hydrogen-bond donors (Lipinski definition) is 2. The van der Waals surface area contributed by atoms with Crippen molar-refractivity contribution < 1.29 is 5.11 Å². The summed E-state index contributed by atoms with van der Waals surface area (Å²) in [6, 6.07) is 9.92. The Morgan fingerprint density at radius 2 is 2.04 bits per heavy atom. The lowest BCUT2D eigenvalue weighted by atomic mass is 10.1. The third-order valence-corrected chi connectivity index (χ3v) is 4.69. The minimum absolute atomic E-state index is 0.0416. The van der Waals surface area contributed by atoms with Gasteiger partial charge in [0.25, 0.3) is 0 Å². The molecule has 0 spiro atoms. The largest absolute Gasteiger partial charge is 0.396 e. The molecule has 0 aliphatic carbocycles. The van der Waals surface area contributed by atoms with E-state index in [1.54, 1.807) is 23.7 Å². The van der Waals surface area contributed by atoms with Gasteiger partial charge in [-0.1, -0.05) is 13.0 Å². The Morgan fingerprint density at radius 3 is 2.71 bits per heavy atom. The smallest absolute Gasteiger partial charge is 0.161 e. The minimum atomic E-state index is 0.0416. The Kier molecular flexibility index (Phi) is 5.51. The van der Waals surface area contributed by atoms with Crippen LogP contribution in [-0.2, 0) is 6.42 Å². The summed E-state index contributed by atoms with van der Waals surface area (Å²) in [4.78, 5) is 14.5. The van der Waals surface area contributed by atoms with Gasteiger partial charge >= 0.3 is 0 Å². The van der Waals surface area contributed by atoms with Crippen molar-refractivity contribution in [1.29, 1.82) is 0 Å². The van der Waals surface area contributed by atoms with Crippen molar-refractivity contribution in [3.63, 3.8) is 0 Å². The lowest BCUT2D eigenvalue weighted by Crippen LogP contribution is -2.13. The van der Waals surface area contributed by atoms with Gasteiger partial charge in [0.15, 0.2) is 5.82 Å². The van der Waals surface area contributed by atoms with Crippen LogP contribution in [0, 0.1) is 0 Å². The number of thiophene rings is 1. The first-order valence-electron chi connectivity index (χ1n) is 7.99. The van der Waals surface area contributed by atoms with Gasteiger partial charge in [-0.2, -0.15) is 0 Å². The van der Waals surface area contributed by atoms with Crippen LogP contribution in [0.25, 0.3) is 11.4 Å². The van der Waals surface area contributed by atoms with Gasteiger partial charge in [-0.15, -0.1) is 11.3 Å². The van der Waals surface area contributed by atoms with Gasteiger partial charge in [-0.05, 0) is 36.4 Å². The van der Waals surface area contributed by atoms with Crippen LogP contribution in [-0.4, -0.2) is 26.7 Å². The Labute approximate surface area is 145 Å². The highest BCUT2D eigenvalue weighted by molar-refractivity contribution is 7.10. The van der Waals surface area contributed by atoms with Crippen molar-refractivity contribution >= 4 is 17.2 Å². The van der Waals surface area contributed by atoms with E-state index in [-0.39, 0.29) is 12.6 Å². The molecule has 3 aromatic rings. The molecule has 0 aliphatic rings. The molecular weight excluding hydrogens is 320 g/mol. The Hall–Kier alpha value is -2.31. The first-order chi connectivity index (χ1) is 11.8. The van der Waals surface area contributed by atoms with Crippen molar-refractivity contribution in [2.24, 2.45) is 0 Å². The number of nitrogens with one attached hydrogen (secondary N) is 1. The van der Waals surface area contributed by atoms with Crippen LogP contribution in [0.2, 0.25) is 0 Å². The molecule has 3 heterocycles. The topological polar surface area (TPSA) is 70.9 Å². The molecule has 3 rings (SSSR count). The van der Waals surface area contributed by atoms with E-state index < -0.39 is 0 Å². The van der Waals surface area contributed by atoms with E-state index in [1.165, 1.54) is 4.88 Å². The van der Waals surface area contributed by atoms with Crippen molar-refractivity contribution in [1.82, 2.24) is 15.0 Å². The number of aliphatic hydroxyl groups is 1. The van der Waals surface area contributed by atoms with Gasteiger partial charge in [0.05, 0.1) is 6.04 Å². The monoisotopic (exact) mass is 340 g/mol. The molecule has 1 atom stereocenters. The Bertz CT molecular complexity index is 762. The predicted octanol–water partition coefficient (Wildman–Crippen LogP) is 3.70. The molecule has 0 saturated carbocycles. The van der Waals surface area contributed by atoms with Gasteiger partial charge in [0.2, 0.25) is 0 Å². The van der Waals surface area contributed by atoms with Crippen LogP contribution in [0.1, 0.15) is 30.0 Å². The summed E-state index contributed by atoms with van der Waals surface area (Å²) in [7, 11) is 0. The Morgan fingerprint density at radius 1 is 1.21 bits per heavy atom. The fourth-order valence-corrected chi connectivity index (χ4v) is 3.28. The van der Waals surface area contributed by atoms with E-state index in [0.29, 0.717) is 12.2 Å². The number of pyridine rings is 1. The van der Waals surface area contributed by atoms with E-state index >= 15 is 0 Å². The number of nitrogens with zero attached hydrogens (tertiary/aromatic N) is 3. The molecule has 0 fully saturated rings. The molecule has 0 bridgehead atoms. The number of aliphatic hydroxyl groups excluding tert-OH is 1. The summed E-state index contributed by atoms with van der Waals surface area (Å²) in [6.45, 7) is 2.20. The van der Waals surface area contributed by atoms with Crippen LogP contribution in [0.4, 0.5) is 5.82 Å². The second-order valence-corrected chi connectivity index (χ2v) is 6.36. The zero-order chi connectivity index (χ0) is 16.8. The number of anilines is 1. The van der Waals surface area contributed by atoms with Crippen LogP contribution in [0.15, 0.2) is 48.1 Å². The average Bonchev–Trinajstić information content (AvgIpc) is 3.16. The standard InChI is InChI=1S/C18H20N4OS/c1-2-14-12-17(21-15(7-10-23)16-4-3-11-24-16)22-18(20-14)13-5-8-19-9-6-13/h3-6,8-9,11-12,15,23H,2,7,10H2,1H3,(H,20,21,22). The minimum Gasteiger partial charge on any atom is -0.396 e. The number of hydrogen-bond acceptors (Lipinski definition) is 6. The second-order valence-electron chi connectivity index (χ2n) is 5.38. The molecule has 2 N–H and O–H groups in total. The number of rotatable bonds is 7. The first-order valence-corrected chi connectivity index (χ1v) is 8.87. The number of aromatic nitrogens is 3. The summed E-state index contributed by atoms with van der Waals surface area (Å²) in [5.74, 6) is 1.47. The molecular formula is C18H20N4OS. The molecule has 124 valence electrons. The highest BCUT2D eigenvalue weighted by atomic mass is 32.1. The van der Waals surface area contributed by atoms with Gasteiger partial charge in [-0.25, -0.2) is 9.97 Å². The maximum absolute atomic E-state index is 9.37. The van der Waals surface area contributed by atoms with Gasteiger partial charge in [0, 0.05) is 41.2 Å². The zero-order valence-corrected chi connectivity index (χ0v) is 14.3. The Balaban J connectivity index is 1.92. The fraction of sp³-hybridized carbons (Fsp3) is 0.278. The summed E-state index contributed by atoms with van der Waals surface area (Å²) in [5, 5.41) is 14.9. The molecule has 0 saturated heterocycles. The van der Waals surface area contributed by atoms with Crippen LogP contribution in [0.3, 0.4) is 0 Å². The van der Waals surface area contributed by atoms with Crippen molar-refractivity contribution in [3.05, 3.63) is 58.7 Å². The number of aryl methyl sites for hydroxylation is 1. The lowest BCUT2D eigenvalue weighted by Gasteiger charge is -2.18. The summed E-state index contributed by atoms with van der Waals surface area (Å²) in [6.07, 6.45) is 4.95. The van der Waals surface area contributed by atoms with Crippen LogP contribution >= 0.6 is 11.3 Å². The maximum atomic E-state index is 9.37. The summed E-state index contributed by atoms with van der Waals surface area (Å²) in [5.41, 5.74) is 1.92. The van der Waals surface area contributed by atoms with E-state index in [1.807, 2.05) is 29.6 Å². The molecule has 0 amide bonds. The van der Waals surface area contributed by atoms with Crippen molar-refractivity contribution in [3.8, 4) is 11.4 Å². The average molecular weight is 340 g/mol. The van der Waals surface area contributed by atoms with Crippen molar-refractivity contribution in [2.45, 2.75) is 25.8 Å². The van der Waals surface area contributed by atoms with E-state index in [9.17, 15) is 5.11 Å². The van der Waals surface area contributed by atoms with Crippen molar-refractivity contribution in [2.75, 3.05) is 11.9 Å². The van der Waals surface area contributed by atoms with Crippen LogP contribution in [0.5, 0.6) is 0 Å². The predicted molar refractivity (Wildman–Crippen MR) is 97.0 cm³/mol. The highest BCUT2D eigenvalue weighted by Gasteiger charge is 2.14. The van der Waals surface area contributed by atoms with Crippen LogP contribution < -0.4 is 5.32 Å². The fourth-order valence-electron chi connectivity index (χ4n) is 2.47. The van der Waals surface area contributed by atoms with E-state index in [4.69, 9.17) is 0 Å². The molecule has 1 unspecified atom stereocenters. The molecule has 5 nitrogen and oxygen atoms in total. The molecule has 3 aromatic heterocycles. The normalized spacial score (nSPS) is 12.1. The van der Waals surface area contributed by atoms with Gasteiger partial charge < -0.3 is 10.4 Å². The second kappa shape index (κ2) is 7.99. The maximum Gasteiger partial charge on any atom is 0.161 e. The van der Waals surface area contributed by atoms with Gasteiger partial charge in [0.1, 0.15) is 5.82 Å². The lowest BCUT2D eigenvalue weighted by molar-refractivity contribution is 0.280. The van der Waals surface area contributed by atoms with Gasteiger partial charge in [-0.3, -0.25) is 4.98 Å². The summed E-state index contributed by atoms with van der Waals surface area (Å²) < 4.78 is 0. The molecule has 6 heteroatoms. The SMILES string of the molecule is CCc1cc(NC(CCO)c2cccs2)nc(-c2ccncc2)n1. The molecule has 0 aliphatic heterocycles. The van der Waals surface area contributed by atoms with E-state index in [0.717, 1.165) is 23.5 Å². The first kappa shape index (κ1) is 16.5. The quantitative estimate of drug-likeness (QED) is 0.686. The third kappa shape index (κ3) is 3.96. The zero-order valence-electron chi connectivity index (χ0n) is 13.5. The summed E-state index contributed by atoms with van der Waals surface area (Å²) >= 11 is 1.68. The molecule has 0 aromatic carbocycles. The van der Waals surface area contributed by atoms with E-state index in [2.05, 4.69) is 33.3 Å². The molecule has 24 heavy (non-hydrogen) atoms. The third-order valence-electron chi connectivity index (χ3n) is 3.71.